The van der Waals surface area contributed by atoms with Gasteiger partial charge in [-0.25, -0.2) is 0 Å². The van der Waals surface area contributed by atoms with E-state index in [4.69, 9.17) is 4.74 Å². The zero-order valence-corrected chi connectivity index (χ0v) is 17.1. The first-order chi connectivity index (χ1) is 10.7. The van der Waals surface area contributed by atoms with E-state index in [-0.39, 0.29) is 29.9 Å². The highest BCUT2D eigenvalue weighted by Gasteiger charge is 2.25. The molecule has 6 nitrogen and oxygen atoms in total. The predicted octanol–water partition coefficient (Wildman–Crippen LogP) is 1.99. The van der Waals surface area contributed by atoms with Gasteiger partial charge in [-0.2, -0.15) is 0 Å². The third-order valence-corrected chi connectivity index (χ3v) is 3.81. The maximum absolute atomic E-state index is 11.7. The van der Waals surface area contributed by atoms with Crippen LogP contribution in [0.25, 0.3) is 0 Å². The molecule has 0 aromatic rings. The van der Waals surface area contributed by atoms with Crippen LogP contribution in [0.1, 0.15) is 46.0 Å². The lowest BCUT2D eigenvalue weighted by molar-refractivity contribution is -0.129. The molecule has 0 spiro atoms. The topological polar surface area (TPSA) is 66.0 Å². The molecule has 0 bridgehead atoms. The molecule has 1 aliphatic heterocycles. The molecular formula is C16H33IN4O2. The third kappa shape index (κ3) is 9.34. The van der Waals surface area contributed by atoms with Gasteiger partial charge in [0.15, 0.2) is 5.96 Å². The van der Waals surface area contributed by atoms with Crippen LogP contribution in [0, 0.1) is 0 Å². The Labute approximate surface area is 157 Å². The van der Waals surface area contributed by atoms with Crippen LogP contribution in [0.15, 0.2) is 4.99 Å². The zero-order valence-electron chi connectivity index (χ0n) is 14.8. The maximum Gasteiger partial charge on any atom is 0.222 e. The number of unbranched alkanes of at least 4 members (excludes halogenated alkanes) is 1. The van der Waals surface area contributed by atoms with E-state index in [1.807, 2.05) is 11.8 Å². The molecule has 23 heavy (non-hydrogen) atoms. The van der Waals surface area contributed by atoms with Crippen LogP contribution in [-0.2, 0) is 9.53 Å². The Morgan fingerprint density at radius 3 is 2.70 bits per heavy atom. The van der Waals surface area contributed by atoms with Gasteiger partial charge in [-0.05, 0) is 19.3 Å². The van der Waals surface area contributed by atoms with Crippen LogP contribution in [0.2, 0.25) is 0 Å². The van der Waals surface area contributed by atoms with Crippen molar-refractivity contribution in [3.63, 3.8) is 0 Å². The minimum Gasteiger partial charge on any atom is -0.381 e. The smallest absolute Gasteiger partial charge is 0.222 e. The summed E-state index contributed by atoms with van der Waals surface area (Å²) < 4.78 is 5.53. The van der Waals surface area contributed by atoms with Crippen molar-refractivity contribution in [2.24, 2.45) is 4.99 Å². The molecule has 0 aliphatic carbocycles. The minimum absolute atomic E-state index is 0. The first kappa shape index (κ1) is 22.4. The van der Waals surface area contributed by atoms with Gasteiger partial charge in [0, 0.05) is 52.4 Å². The number of aliphatic imine (C=N–C) groups is 1. The second-order valence-corrected chi connectivity index (χ2v) is 5.64. The Kier molecular flexibility index (Phi) is 13.5. The normalized spacial score (nSPS) is 17.8. The van der Waals surface area contributed by atoms with Gasteiger partial charge in [0.1, 0.15) is 0 Å². The van der Waals surface area contributed by atoms with Crippen molar-refractivity contribution in [2.75, 3.05) is 39.9 Å². The number of rotatable bonds is 9. The van der Waals surface area contributed by atoms with Gasteiger partial charge in [-0.3, -0.25) is 9.79 Å². The first-order valence-electron chi connectivity index (χ1n) is 8.53. The summed E-state index contributed by atoms with van der Waals surface area (Å²) in [4.78, 5) is 17.8. The van der Waals surface area contributed by atoms with Crippen LogP contribution < -0.4 is 10.6 Å². The first-order valence-corrected chi connectivity index (χ1v) is 8.53. The molecule has 2 N–H and O–H groups in total. The number of nitrogens with one attached hydrogen (secondary N) is 2. The van der Waals surface area contributed by atoms with Crippen LogP contribution >= 0.6 is 24.0 Å². The number of guanidine groups is 1. The van der Waals surface area contributed by atoms with Crippen molar-refractivity contribution < 1.29 is 9.53 Å². The Morgan fingerprint density at radius 2 is 2.04 bits per heavy atom. The second kappa shape index (κ2) is 13.8. The summed E-state index contributed by atoms with van der Waals surface area (Å²) in [5.74, 6) is 1.04. The summed E-state index contributed by atoms with van der Waals surface area (Å²) in [6, 6.07) is 0.294. The lowest BCUT2D eigenvalue weighted by Gasteiger charge is -2.18. The molecule has 1 aliphatic rings. The summed E-state index contributed by atoms with van der Waals surface area (Å²) in [5, 5.41) is 6.69. The Hall–Kier alpha value is -0.570. The van der Waals surface area contributed by atoms with E-state index in [0.717, 1.165) is 58.1 Å². The molecule has 1 heterocycles. The zero-order chi connectivity index (χ0) is 16.2. The van der Waals surface area contributed by atoms with Gasteiger partial charge >= 0.3 is 0 Å². The molecule has 1 atom stereocenters. The van der Waals surface area contributed by atoms with E-state index in [2.05, 4.69) is 22.5 Å². The number of amides is 1. The van der Waals surface area contributed by atoms with E-state index in [1.54, 1.807) is 7.05 Å². The van der Waals surface area contributed by atoms with Crippen molar-refractivity contribution in [1.82, 2.24) is 15.5 Å². The molecule has 0 aromatic carbocycles. The molecule has 0 saturated carbocycles. The number of nitrogens with zero attached hydrogens (tertiary/aromatic N) is 2. The van der Waals surface area contributed by atoms with E-state index in [9.17, 15) is 4.79 Å². The van der Waals surface area contributed by atoms with E-state index in [0.29, 0.717) is 12.5 Å². The minimum atomic E-state index is 0. The molecule has 7 heteroatoms. The van der Waals surface area contributed by atoms with Gasteiger partial charge < -0.3 is 20.3 Å². The van der Waals surface area contributed by atoms with Crippen molar-refractivity contribution in [2.45, 2.75) is 52.0 Å². The molecule has 1 unspecified atom stereocenters. The summed E-state index contributed by atoms with van der Waals surface area (Å²) >= 11 is 0. The molecule has 0 aromatic heterocycles. The fourth-order valence-corrected chi connectivity index (χ4v) is 2.45. The van der Waals surface area contributed by atoms with Crippen LogP contribution in [0.4, 0.5) is 0 Å². The number of halogens is 1. The Morgan fingerprint density at radius 1 is 1.30 bits per heavy atom. The van der Waals surface area contributed by atoms with Crippen LogP contribution in [-0.4, -0.2) is 62.7 Å². The highest BCUT2D eigenvalue weighted by atomic mass is 127. The average Bonchev–Trinajstić information content (AvgIpc) is 3.00. The Bertz CT molecular complexity index is 353. The molecule has 136 valence electrons. The Balaban J connectivity index is 0.00000484. The highest BCUT2D eigenvalue weighted by Crippen LogP contribution is 2.10. The maximum atomic E-state index is 11.7. The highest BCUT2D eigenvalue weighted by molar-refractivity contribution is 14.0. The third-order valence-electron chi connectivity index (χ3n) is 3.81. The molecule has 0 radical (unpaired) electrons. The van der Waals surface area contributed by atoms with Crippen LogP contribution in [0.3, 0.4) is 0 Å². The molecule has 1 fully saturated rings. The molecule has 1 saturated heterocycles. The predicted molar refractivity (Wildman–Crippen MR) is 106 cm³/mol. The summed E-state index contributed by atoms with van der Waals surface area (Å²) in [6.07, 6.45) is 4.83. The molecule has 1 rings (SSSR count). The summed E-state index contributed by atoms with van der Waals surface area (Å²) in [7, 11) is 1.77. The lowest BCUT2D eigenvalue weighted by Crippen LogP contribution is -2.45. The van der Waals surface area contributed by atoms with E-state index in [1.165, 1.54) is 6.42 Å². The van der Waals surface area contributed by atoms with Crippen molar-refractivity contribution in [1.29, 1.82) is 0 Å². The number of carbonyl (C=O) groups excluding carboxylic acids is 1. The monoisotopic (exact) mass is 440 g/mol. The molecular weight excluding hydrogens is 407 g/mol. The summed E-state index contributed by atoms with van der Waals surface area (Å²) in [5.41, 5.74) is 0. The number of hydrogen-bond donors (Lipinski definition) is 2. The lowest BCUT2D eigenvalue weighted by atomic mass is 10.3. The van der Waals surface area contributed by atoms with Gasteiger partial charge in [0.05, 0.1) is 0 Å². The van der Waals surface area contributed by atoms with Crippen molar-refractivity contribution in [3.05, 3.63) is 0 Å². The quantitative estimate of drug-likeness (QED) is 0.249. The van der Waals surface area contributed by atoms with Gasteiger partial charge in [-0.1, -0.05) is 20.3 Å². The van der Waals surface area contributed by atoms with Gasteiger partial charge in [0.2, 0.25) is 5.91 Å². The van der Waals surface area contributed by atoms with Crippen molar-refractivity contribution in [3.8, 4) is 0 Å². The van der Waals surface area contributed by atoms with Gasteiger partial charge in [-0.15, -0.1) is 24.0 Å². The number of likely N-dealkylation sites (tertiary alicyclic amines) is 1. The number of carbonyl (C=O) groups is 1. The SMILES string of the molecule is CCCCOCCCNC(=NC)NC1CCN(C(=O)CC)C1.I. The fraction of sp³-hybridized carbons (Fsp3) is 0.875. The molecule has 1 amide bonds. The number of hydrogen-bond acceptors (Lipinski definition) is 3. The standard InChI is InChI=1S/C16H32N4O2.HI/c1-4-6-11-22-12-7-9-18-16(17-3)19-14-8-10-20(13-14)15(21)5-2;/h14H,4-13H2,1-3H3,(H2,17,18,19);1H. The summed E-state index contributed by atoms with van der Waals surface area (Å²) in [6.45, 7) is 8.17. The second-order valence-electron chi connectivity index (χ2n) is 5.64. The average molecular weight is 440 g/mol. The van der Waals surface area contributed by atoms with Crippen molar-refractivity contribution >= 4 is 35.8 Å². The largest absolute Gasteiger partial charge is 0.381 e. The fourth-order valence-electron chi connectivity index (χ4n) is 2.45. The van der Waals surface area contributed by atoms with E-state index < -0.39 is 0 Å². The van der Waals surface area contributed by atoms with Crippen LogP contribution in [0.5, 0.6) is 0 Å². The van der Waals surface area contributed by atoms with Gasteiger partial charge in [0.25, 0.3) is 0 Å². The van der Waals surface area contributed by atoms with E-state index >= 15 is 0 Å². The number of ether oxygens (including phenoxy) is 1.